The second-order valence-corrected chi connectivity index (χ2v) is 6.46. The van der Waals surface area contributed by atoms with E-state index < -0.39 is 11.6 Å². The van der Waals surface area contributed by atoms with E-state index in [0.717, 1.165) is 23.1 Å². The Bertz CT molecular complexity index is 768. The second kappa shape index (κ2) is 6.71. The molecule has 0 spiro atoms. The molecule has 0 fully saturated rings. The van der Waals surface area contributed by atoms with Crippen LogP contribution in [0, 0.1) is 11.6 Å². The molecule has 0 radical (unpaired) electrons. The van der Waals surface area contributed by atoms with Gasteiger partial charge in [0.05, 0.1) is 12.5 Å². The molecule has 24 heavy (non-hydrogen) atoms. The molecule has 0 heterocycles. The number of hydrogen-bond acceptors (Lipinski definition) is 2. The van der Waals surface area contributed by atoms with Gasteiger partial charge in [0.1, 0.15) is 0 Å². The Morgan fingerprint density at radius 3 is 2.50 bits per heavy atom. The van der Waals surface area contributed by atoms with E-state index in [1.54, 1.807) is 13.8 Å². The number of ether oxygens (including phenoxy) is 1. The van der Waals surface area contributed by atoms with Crippen LogP contribution in [0.2, 0.25) is 0 Å². The molecule has 4 heteroatoms. The summed E-state index contributed by atoms with van der Waals surface area (Å²) < 4.78 is 32.8. The first-order valence-corrected chi connectivity index (χ1v) is 8.20. The van der Waals surface area contributed by atoms with Crippen molar-refractivity contribution in [2.75, 3.05) is 0 Å². The molecule has 126 valence electrons. The minimum absolute atomic E-state index is 0.118. The van der Waals surface area contributed by atoms with Gasteiger partial charge in [-0.3, -0.25) is 4.79 Å². The highest BCUT2D eigenvalue weighted by Crippen LogP contribution is 2.37. The Morgan fingerprint density at radius 2 is 1.75 bits per heavy atom. The largest absolute Gasteiger partial charge is 0.463 e. The van der Waals surface area contributed by atoms with Crippen LogP contribution < -0.4 is 0 Å². The quantitative estimate of drug-likeness (QED) is 0.773. The van der Waals surface area contributed by atoms with Gasteiger partial charge in [0.25, 0.3) is 0 Å². The van der Waals surface area contributed by atoms with Gasteiger partial charge < -0.3 is 4.74 Å². The Balaban J connectivity index is 2.07. The molecule has 0 amide bonds. The van der Waals surface area contributed by atoms with Crippen LogP contribution in [0.25, 0.3) is 0 Å². The number of benzene rings is 2. The van der Waals surface area contributed by atoms with E-state index in [0.29, 0.717) is 12.0 Å². The van der Waals surface area contributed by atoms with Crippen molar-refractivity contribution in [1.82, 2.24) is 0 Å². The zero-order valence-electron chi connectivity index (χ0n) is 13.8. The molecule has 2 aromatic carbocycles. The molecule has 0 aromatic heterocycles. The Morgan fingerprint density at radius 1 is 1.08 bits per heavy atom. The lowest BCUT2D eigenvalue weighted by atomic mass is 9.85. The number of rotatable bonds is 3. The van der Waals surface area contributed by atoms with Gasteiger partial charge in [0, 0.05) is 5.92 Å². The maximum absolute atomic E-state index is 13.8. The van der Waals surface area contributed by atoms with E-state index in [9.17, 15) is 13.6 Å². The molecule has 1 aliphatic rings. The molecule has 0 bridgehead atoms. The smallest absolute Gasteiger partial charge is 0.306 e. The molecular formula is C20H20F2O2. The molecule has 0 N–H and O–H groups in total. The first-order chi connectivity index (χ1) is 11.5. The SMILES string of the molecule is CC(C)OC(=O)CC1c2ccccc2CCc2cc(F)c(F)cc21. The fourth-order valence-electron chi connectivity index (χ4n) is 3.38. The van der Waals surface area contributed by atoms with Gasteiger partial charge in [0.15, 0.2) is 11.6 Å². The normalized spacial score (nSPS) is 16.3. The van der Waals surface area contributed by atoms with Crippen LogP contribution in [0.1, 0.15) is 48.4 Å². The van der Waals surface area contributed by atoms with Crippen molar-refractivity contribution in [2.45, 2.75) is 45.1 Å². The van der Waals surface area contributed by atoms with E-state index in [-0.39, 0.29) is 24.4 Å². The fraction of sp³-hybridized carbons (Fsp3) is 0.350. The Labute approximate surface area is 140 Å². The summed E-state index contributed by atoms with van der Waals surface area (Å²) in [4.78, 5) is 12.2. The van der Waals surface area contributed by atoms with E-state index in [1.165, 1.54) is 12.1 Å². The van der Waals surface area contributed by atoms with Gasteiger partial charge in [-0.2, -0.15) is 0 Å². The van der Waals surface area contributed by atoms with Crippen molar-refractivity contribution in [3.8, 4) is 0 Å². The van der Waals surface area contributed by atoms with Crippen LogP contribution >= 0.6 is 0 Å². The first-order valence-electron chi connectivity index (χ1n) is 8.20. The number of carbonyl (C=O) groups excluding carboxylic acids is 1. The summed E-state index contributed by atoms with van der Waals surface area (Å²) in [5.41, 5.74) is 3.53. The monoisotopic (exact) mass is 330 g/mol. The highest BCUT2D eigenvalue weighted by Gasteiger charge is 2.28. The molecule has 2 nitrogen and oxygen atoms in total. The van der Waals surface area contributed by atoms with Crippen LogP contribution in [-0.4, -0.2) is 12.1 Å². The highest BCUT2D eigenvalue weighted by molar-refractivity contribution is 5.72. The third kappa shape index (κ3) is 3.32. The average Bonchev–Trinajstić information content (AvgIpc) is 2.66. The molecular weight excluding hydrogens is 310 g/mol. The van der Waals surface area contributed by atoms with Crippen molar-refractivity contribution < 1.29 is 18.3 Å². The summed E-state index contributed by atoms with van der Waals surface area (Å²) in [7, 11) is 0. The lowest BCUT2D eigenvalue weighted by Crippen LogP contribution is -2.16. The number of esters is 1. The average molecular weight is 330 g/mol. The molecule has 1 unspecified atom stereocenters. The van der Waals surface area contributed by atoms with Crippen molar-refractivity contribution in [3.63, 3.8) is 0 Å². The fourth-order valence-corrected chi connectivity index (χ4v) is 3.38. The number of halogens is 2. The van der Waals surface area contributed by atoms with Crippen molar-refractivity contribution in [2.24, 2.45) is 0 Å². The lowest BCUT2D eigenvalue weighted by molar-refractivity contribution is -0.147. The predicted molar refractivity (Wildman–Crippen MR) is 87.9 cm³/mol. The number of carbonyl (C=O) groups is 1. The summed E-state index contributed by atoms with van der Waals surface area (Å²) in [6.45, 7) is 3.59. The maximum atomic E-state index is 13.8. The zero-order chi connectivity index (χ0) is 17.3. The molecule has 0 saturated heterocycles. The minimum Gasteiger partial charge on any atom is -0.463 e. The predicted octanol–water partition coefficient (Wildman–Crippen LogP) is 4.54. The first kappa shape index (κ1) is 16.6. The van der Waals surface area contributed by atoms with Gasteiger partial charge in [-0.15, -0.1) is 0 Å². The third-order valence-electron chi connectivity index (χ3n) is 4.39. The third-order valence-corrected chi connectivity index (χ3v) is 4.39. The Hall–Kier alpha value is -2.23. The van der Waals surface area contributed by atoms with Crippen molar-refractivity contribution in [3.05, 3.63) is 70.3 Å². The van der Waals surface area contributed by atoms with E-state index in [1.807, 2.05) is 24.3 Å². The molecule has 0 saturated carbocycles. The van der Waals surface area contributed by atoms with E-state index >= 15 is 0 Å². The lowest BCUT2D eigenvalue weighted by Gasteiger charge is -2.20. The molecule has 0 aliphatic heterocycles. The molecule has 3 rings (SSSR count). The van der Waals surface area contributed by atoms with Crippen molar-refractivity contribution >= 4 is 5.97 Å². The molecule has 1 atom stereocenters. The van der Waals surface area contributed by atoms with Crippen LogP contribution in [0.3, 0.4) is 0 Å². The zero-order valence-corrected chi connectivity index (χ0v) is 13.8. The number of aryl methyl sites for hydroxylation is 2. The molecule has 2 aromatic rings. The standard InChI is InChI=1S/C20H20F2O2/c1-12(2)24-20(23)11-17-15-6-4-3-5-13(15)7-8-14-9-18(21)19(22)10-16(14)17/h3-6,9-10,12,17H,7-8,11H2,1-2H3. The van der Waals surface area contributed by atoms with Crippen LogP contribution in [-0.2, 0) is 22.4 Å². The van der Waals surface area contributed by atoms with Gasteiger partial charge in [-0.25, -0.2) is 8.78 Å². The van der Waals surface area contributed by atoms with Gasteiger partial charge >= 0.3 is 5.97 Å². The Kier molecular flexibility index (Phi) is 4.65. The summed E-state index contributed by atoms with van der Waals surface area (Å²) in [6.07, 6.45) is 1.28. The van der Waals surface area contributed by atoms with E-state index in [4.69, 9.17) is 4.74 Å². The second-order valence-electron chi connectivity index (χ2n) is 6.46. The van der Waals surface area contributed by atoms with Crippen LogP contribution in [0.4, 0.5) is 8.78 Å². The van der Waals surface area contributed by atoms with E-state index in [2.05, 4.69) is 0 Å². The van der Waals surface area contributed by atoms with Gasteiger partial charge in [-0.1, -0.05) is 24.3 Å². The summed E-state index contributed by atoms with van der Waals surface area (Å²) in [5.74, 6) is -2.37. The molecule has 1 aliphatic carbocycles. The topological polar surface area (TPSA) is 26.3 Å². The summed E-state index contributed by atoms with van der Waals surface area (Å²) in [5, 5.41) is 0. The van der Waals surface area contributed by atoms with Gasteiger partial charge in [-0.05, 0) is 61.1 Å². The number of fused-ring (bicyclic) bond motifs is 2. The van der Waals surface area contributed by atoms with Crippen molar-refractivity contribution in [1.29, 1.82) is 0 Å². The number of hydrogen-bond donors (Lipinski definition) is 0. The van der Waals surface area contributed by atoms with Crippen LogP contribution in [0.5, 0.6) is 0 Å². The van der Waals surface area contributed by atoms with Crippen LogP contribution in [0.15, 0.2) is 36.4 Å². The minimum atomic E-state index is -0.879. The van der Waals surface area contributed by atoms with Gasteiger partial charge in [0.2, 0.25) is 0 Å². The maximum Gasteiger partial charge on any atom is 0.306 e. The summed E-state index contributed by atoms with van der Waals surface area (Å²) in [6, 6.07) is 10.3. The summed E-state index contributed by atoms with van der Waals surface area (Å²) >= 11 is 0. The highest BCUT2D eigenvalue weighted by atomic mass is 19.2.